The molecule has 0 amide bonds. The van der Waals surface area contributed by atoms with Gasteiger partial charge in [0.2, 0.25) is 0 Å². The van der Waals surface area contributed by atoms with Gasteiger partial charge in [-0.05, 0) is 31.1 Å². The largest absolute Gasteiger partial charge is 0.302 e. The van der Waals surface area contributed by atoms with Gasteiger partial charge in [0.25, 0.3) is 0 Å². The van der Waals surface area contributed by atoms with E-state index in [2.05, 4.69) is 27.7 Å². The topological polar surface area (TPSA) is 34.1 Å². The van der Waals surface area contributed by atoms with E-state index < -0.39 is 5.41 Å². The molecular weight excluding hydrogens is 212 g/mol. The molecule has 0 atom stereocenters. The summed E-state index contributed by atoms with van der Waals surface area (Å²) in [5.74, 6) is 1.25. The highest BCUT2D eigenvalue weighted by atomic mass is 16.1. The maximum Gasteiger partial charge on any atom is 0.133 e. The summed E-state index contributed by atoms with van der Waals surface area (Å²) in [6.07, 6.45) is 7.39. The molecule has 0 aliphatic heterocycles. The summed E-state index contributed by atoms with van der Waals surface area (Å²) in [7, 11) is 0. The Morgan fingerprint density at radius 1 is 0.824 bits per heavy atom. The predicted octanol–water partition coefficient (Wildman–Crippen LogP) is 4.02. The lowest BCUT2D eigenvalue weighted by atomic mass is 9.79. The molecule has 0 aromatic rings. The number of carbonyl (C=O) groups is 2. The monoisotopic (exact) mass is 240 g/mol. The van der Waals surface area contributed by atoms with Gasteiger partial charge in [0.05, 0.1) is 5.41 Å². The van der Waals surface area contributed by atoms with Crippen LogP contribution in [0.15, 0.2) is 0 Å². The minimum absolute atomic E-state index is 0.546. The number of carbonyl (C=O) groups excluding carboxylic acids is 2. The zero-order valence-electron chi connectivity index (χ0n) is 11.9. The van der Waals surface area contributed by atoms with Gasteiger partial charge in [0, 0.05) is 0 Å². The third-order valence-corrected chi connectivity index (χ3v) is 3.33. The highest BCUT2D eigenvalue weighted by Crippen LogP contribution is 2.28. The van der Waals surface area contributed by atoms with Crippen molar-refractivity contribution in [2.24, 2.45) is 17.3 Å². The van der Waals surface area contributed by atoms with Crippen molar-refractivity contribution in [3.63, 3.8) is 0 Å². The van der Waals surface area contributed by atoms with Crippen molar-refractivity contribution in [2.75, 3.05) is 0 Å². The van der Waals surface area contributed by atoms with E-state index in [1.807, 2.05) is 0 Å². The Morgan fingerprint density at radius 2 is 1.35 bits per heavy atom. The first-order valence-corrected chi connectivity index (χ1v) is 6.88. The quantitative estimate of drug-likeness (QED) is 0.328. The van der Waals surface area contributed by atoms with Gasteiger partial charge < -0.3 is 9.59 Å². The zero-order valence-corrected chi connectivity index (χ0v) is 11.9. The van der Waals surface area contributed by atoms with E-state index in [1.54, 1.807) is 0 Å². The number of rotatable bonds is 10. The van der Waals surface area contributed by atoms with Crippen LogP contribution in [0.4, 0.5) is 0 Å². The Hall–Kier alpha value is -0.660. The number of unbranched alkanes of at least 4 members (excludes halogenated alkanes) is 1. The lowest BCUT2D eigenvalue weighted by Crippen LogP contribution is -2.25. The molecule has 2 nitrogen and oxygen atoms in total. The van der Waals surface area contributed by atoms with Crippen LogP contribution >= 0.6 is 0 Å². The summed E-state index contributed by atoms with van der Waals surface area (Å²) in [5, 5.41) is 0. The van der Waals surface area contributed by atoms with Gasteiger partial charge in [-0.15, -0.1) is 0 Å². The fourth-order valence-corrected chi connectivity index (χ4v) is 1.95. The van der Waals surface area contributed by atoms with Gasteiger partial charge in [0.1, 0.15) is 12.6 Å². The van der Waals surface area contributed by atoms with E-state index in [4.69, 9.17) is 0 Å². The molecule has 0 heterocycles. The standard InChI is InChI=1S/C15H28O2/c1-13(2)7-5-6-9-15(11-16,12-17)10-8-14(3)4/h11-14H,5-10H2,1-4H3. The minimum atomic E-state index is -0.707. The Balaban J connectivity index is 4.11. The highest BCUT2D eigenvalue weighted by molar-refractivity contribution is 5.83. The van der Waals surface area contributed by atoms with Gasteiger partial charge in [-0.2, -0.15) is 0 Å². The average Bonchev–Trinajstić information content (AvgIpc) is 2.28. The normalized spacial score (nSPS) is 12.1. The molecule has 0 unspecified atom stereocenters. The number of hydrogen-bond donors (Lipinski definition) is 0. The van der Waals surface area contributed by atoms with Crippen molar-refractivity contribution in [1.29, 1.82) is 0 Å². The van der Waals surface area contributed by atoms with Crippen molar-refractivity contribution >= 4 is 12.6 Å². The van der Waals surface area contributed by atoms with Gasteiger partial charge in [-0.25, -0.2) is 0 Å². The molecule has 2 heteroatoms. The fourth-order valence-electron chi connectivity index (χ4n) is 1.95. The summed E-state index contributed by atoms with van der Waals surface area (Å²) in [6.45, 7) is 8.65. The van der Waals surface area contributed by atoms with Gasteiger partial charge >= 0.3 is 0 Å². The maximum absolute atomic E-state index is 11.2. The van der Waals surface area contributed by atoms with Crippen molar-refractivity contribution in [3.8, 4) is 0 Å². The predicted molar refractivity (Wildman–Crippen MR) is 71.9 cm³/mol. The van der Waals surface area contributed by atoms with Gasteiger partial charge in [-0.3, -0.25) is 0 Å². The van der Waals surface area contributed by atoms with Crippen molar-refractivity contribution in [1.82, 2.24) is 0 Å². The Bertz CT molecular complexity index is 211. The summed E-state index contributed by atoms with van der Waals surface area (Å²) in [5.41, 5.74) is -0.707. The summed E-state index contributed by atoms with van der Waals surface area (Å²) >= 11 is 0. The van der Waals surface area contributed by atoms with E-state index >= 15 is 0 Å². The van der Waals surface area contributed by atoms with E-state index in [1.165, 1.54) is 6.42 Å². The Morgan fingerprint density at radius 3 is 1.76 bits per heavy atom. The van der Waals surface area contributed by atoms with E-state index in [9.17, 15) is 9.59 Å². The third-order valence-electron chi connectivity index (χ3n) is 3.33. The molecular formula is C15H28O2. The second kappa shape index (κ2) is 8.43. The first kappa shape index (κ1) is 16.3. The van der Waals surface area contributed by atoms with Crippen LogP contribution in [-0.2, 0) is 9.59 Å². The lowest BCUT2D eigenvalue weighted by molar-refractivity contribution is -0.127. The van der Waals surface area contributed by atoms with Gasteiger partial charge in [-0.1, -0.05) is 47.0 Å². The molecule has 0 aliphatic carbocycles. The molecule has 100 valence electrons. The Labute approximate surface area is 106 Å². The van der Waals surface area contributed by atoms with E-state index in [-0.39, 0.29) is 0 Å². The second-order valence-corrected chi connectivity index (χ2v) is 6.04. The molecule has 0 aromatic heterocycles. The minimum Gasteiger partial charge on any atom is -0.302 e. The van der Waals surface area contributed by atoms with Crippen LogP contribution in [0.1, 0.15) is 66.2 Å². The summed E-state index contributed by atoms with van der Waals surface area (Å²) < 4.78 is 0. The molecule has 0 radical (unpaired) electrons. The van der Waals surface area contributed by atoms with Crippen LogP contribution in [0, 0.1) is 17.3 Å². The molecule has 0 fully saturated rings. The SMILES string of the molecule is CC(C)CCCCC(C=O)(C=O)CCC(C)C. The van der Waals surface area contributed by atoms with Crippen LogP contribution in [-0.4, -0.2) is 12.6 Å². The van der Waals surface area contributed by atoms with Crippen LogP contribution in [0.2, 0.25) is 0 Å². The van der Waals surface area contributed by atoms with Gasteiger partial charge in [0.15, 0.2) is 0 Å². The average molecular weight is 240 g/mol. The molecule has 0 spiro atoms. The number of aldehydes is 2. The lowest BCUT2D eigenvalue weighted by Gasteiger charge is -2.22. The summed E-state index contributed by atoms with van der Waals surface area (Å²) in [4.78, 5) is 22.3. The molecule has 17 heavy (non-hydrogen) atoms. The molecule has 0 aliphatic rings. The molecule has 0 N–H and O–H groups in total. The zero-order chi connectivity index (χ0) is 13.3. The van der Waals surface area contributed by atoms with E-state index in [0.717, 1.165) is 38.3 Å². The second-order valence-electron chi connectivity index (χ2n) is 6.04. The third kappa shape index (κ3) is 7.30. The first-order valence-electron chi connectivity index (χ1n) is 6.88. The molecule has 0 saturated heterocycles. The van der Waals surface area contributed by atoms with Crippen LogP contribution in [0.25, 0.3) is 0 Å². The van der Waals surface area contributed by atoms with Crippen LogP contribution < -0.4 is 0 Å². The van der Waals surface area contributed by atoms with Crippen molar-refractivity contribution in [2.45, 2.75) is 66.2 Å². The first-order chi connectivity index (χ1) is 7.95. The number of hydrogen-bond acceptors (Lipinski definition) is 2. The Kier molecular flexibility index (Phi) is 8.11. The van der Waals surface area contributed by atoms with Crippen molar-refractivity contribution < 1.29 is 9.59 Å². The van der Waals surface area contributed by atoms with Crippen LogP contribution in [0.3, 0.4) is 0 Å². The van der Waals surface area contributed by atoms with E-state index in [0.29, 0.717) is 18.3 Å². The van der Waals surface area contributed by atoms with Crippen molar-refractivity contribution in [3.05, 3.63) is 0 Å². The molecule has 0 saturated carbocycles. The fraction of sp³-hybridized carbons (Fsp3) is 0.867. The molecule has 0 bridgehead atoms. The molecule has 0 aromatic carbocycles. The molecule has 0 rings (SSSR count). The maximum atomic E-state index is 11.2. The summed E-state index contributed by atoms with van der Waals surface area (Å²) in [6, 6.07) is 0. The van der Waals surface area contributed by atoms with Crippen LogP contribution in [0.5, 0.6) is 0 Å². The smallest absolute Gasteiger partial charge is 0.133 e. The highest BCUT2D eigenvalue weighted by Gasteiger charge is 2.28.